The number of aryl methyl sites for hydroxylation is 1. The van der Waals surface area contributed by atoms with Crippen molar-refractivity contribution in [1.82, 2.24) is 0 Å². The maximum absolute atomic E-state index is 12.6. The molecular formula is C16H16BrNO. The van der Waals surface area contributed by atoms with Gasteiger partial charge in [0.05, 0.1) is 5.56 Å². The summed E-state index contributed by atoms with van der Waals surface area (Å²) in [5.74, 6) is 0.0144. The van der Waals surface area contributed by atoms with E-state index in [0.29, 0.717) is 12.1 Å². The standard InChI is InChI=1S/C16H16BrNO/c1-3-18(13-7-5-4-6-8-13)16(19)14-10-9-12(2)11-15(14)17/h4-11H,3H2,1-2H3. The van der Waals surface area contributed by atoms with E-state index in [9.17, 15) is 4.79 Å². The number of nitrogens with zero attached hydrogens (tertiary/aromatic N) is 1. The minimum absolute atomic E-state index is 0.0144. The molecule has 0 aliphatic rings. The topological polar surface area (TPSA) is 20.3 Å². The summed E-state index contributed by atoms with van der Waals surface area (Å²) < 4.78 is 0.840. The highest BCUT2D eigenvalue weighted by Gasteiger charge is 2.18. The first-order chi connectivity index (χ1) is 9.13. The molecule has 0 aliphatic carbocycles. The van der Waals surface area contributed by atoms with Gasteiger partial charge in [0.2, 0.25) is 0 Å². The smallest absolute Gasteiger partial charge is 0.259 e. The van der Waals surface area contributed by atoms with Crippen molar-refractivity contribution in [1.29, 1.82) is 0 Å². The van der Waals surface area contributed by atoms with E-state index in [1.165, 1.54) is 0 Å². The van der Waals surface area contributed by atoms with Gasteiger partial charge in [0.15, 0.2) is 0 Å². The molecule has 2 nitrogen and oxygen atoms in total. The van der Waals surface area contributed by atoms with Crippen molar-refractivity contribution < 1.29 is 4.79 Å². The van der Waals surface area contributed by atoms with Crippen LogP contribution >= 0.6 is 15.9 Å². The second-order valence-corrected chi connectivity index (χ2v) is 5.22. The van der Waals surface area contributed by atoms with Gasteiger partial charge in [-0.2, -0.15) is 0 Å². The Labute approximate surface area is 122 Å². The Morgan fingerprint density at radius 2 is 1.84 bits per heavy atom. The number of carbonyl (C=O) groups is 1. The summed E-state index contributed by atoms with van der Waals surface area (Å²) in [7, 11) is 0. The van der Waals surface area contributed by atoms with Crippen molar-refractivity contribution in [2.45, 2.75) is 13.8 Å². The zero-order valence-corrected chi connectivity index (χ0v) is 12.6. The summed E-state index contributed by atoms with van der Waals surface area (Å²) in [4.78, 5) is 14.4. The first-order valence-electron chi connectivity index (χ1n) is 6.26. The van der Waals surface area contributed by atoms with Gasteiger partial charge in [0.1, 0.15) is 0 Å². The third-order valence-corrected chi connectivity index (χ3v) is 3.64. The fraction of sp³-hybridized carbons (Fsp3) is 0.188. The van der Waals surface area contributed by atoms with E-state index in [2.05, 4.69) is 15.9 Å². The van der Waals surface area contributed by atoms with Crippen LogP contribution in [0.1, 0.15) is 22.8 Å². The Bertz CT molecular complexity index is 581. The van der Waals surface area contributed by atoms with Crippen LogP contribution in [0.2, 0.25) is 0 Å². The van der Waals surface area contributed by atoms with Crippen LogP contribution in [0.15, 0.2) is 53.0 Å². The molecule has 0 atom stereocenters. The summed E-state index contributed by atoms with van der Waals surface area (Å²) in [5.41, 5.74) is 2.74. The van der Waals surface area contributed by atoms with E-state index >= 15 is 0 Å². The number of carbonyl (C=O) groups excluding carboxylic acids is 1. The summed E-state index contributed by atoms with van der Waals surface area (Å²) in [5, 5.41) is 0. The van der Waals surface area contributed by atoms with E-state index in [0.717, 1.165) is 15.7 Å². The van der Waals surface area contributed by atoms with E-state index in [4.69, 9.17) is 0 Å². The minimum Gasteiger partial charge on any atom is -0.309 e. The van der Waals surface area contributed by atoms with Gasteiger partial charge in [-0.25, -0.2) is 0 Å². The zero-order valence-electron chi connectivity index (χ0n) is 11.1. The van der Waals surface area contributed by atoms with Crippen molar-refractivity contribution in [3.8, 4) is 0 Å². The second-order valence-electron chi connectivity index (χ2n) is 4.37. The number of halogens is 1. The number of anilines is 1. The Kier molecular flexibility index (Phi) is 4.38. The average Bonchev–Trinajstić information content (AvgIpc) is 2.40. The van der Waals surface area contributed by atoms with Gasteiger partial charge in [-0.3, -0.25) is 4.79 Å². The van der Waals surface area contributed by atoms with Crippen molar-refractivity contribution in [2.75, 3.05) is 11.4 Å². The molecule has 0 unspecified atom stereocenters. The van der Waals surface area contributed by atoms with Crippen LogP contribution in [0.25, 0.3) is 0 Å². The Morgan fingerprint density at radius 1 is 1.16 bits per heavy atom. The maximum atomic E-state index is 12.6. The number of hydrogen-bond donors (Lipinski definition) is 0. The molecule has 0 spiro atoms. The molecule has 0 heterocycles. The van der Waals surface area contributed by atoms with E-state index in [1.807, 2.05) is 62.4 Å². The van der Waals surface area contributed by atoms with Crippen molar-refractivity contribution >= 4 is 27.5 Å². The van der Waals surface area contributed by atoms with Crippen LogP contribution in [0.3, 0.4) is 0 Å². The van der Waals surface area contributed by atoms with Crippen molar-refractivity contribution in [3.05, 3.63) is 64.1 Å². The largest absolute Gasteiger partial charge is 0.309 e. The Morgan fingerprint density at radius 3 is 2.42 bits per heavy atom. The van der Waals surface area contributed by atoms with E-state index in [1.54, 1.807) is 4.90 Å². The molecule has 0 aliphatic heterocycles. The Hall–Kier alpha value is -1.61. The number of benzene rings is 2. The normalized spacial score (nSPS) is 10.3. The molecule has 2 aromatic carbocycles. The molecule has 0 saturated heterocycles. The first-order valence-corrected chi connectivity index (χ1v) is 7.06. The van der Waals surface area contributed by atoms with Crippen LogP contribution in [0.5, 0.6) is 0 Å². The highest BCUT2D eigenvalue weighted by Crippen LogP contribution is 2.23. The van der Waals surface area contributed by atoms with Crippen molar-refractivity contribution in [3.63, 3.8) is 0 Å². The maximum Gasteiger partial charge on any atom is 0.259 e. The molecule has 0 bridgehead atoms. The SMILES string of the molecule is CCN(C(=O)c1ccc(C)cc1Br)c1ccccc1. The summed E-state index contributed by atoms with van der Waals surface area (Å²) in [6, 6.07) is 15.5. The number of hydrogen-bond acceptors (Lipinski definition) is 1. The van der Waals surface area contributed by atoms with Gasteiger partial charge >= 0.3 is 0 Å². The van der Waals surface area contributed by atoms with Crippen LogP contribution in [-0.4, -0.2) is 12.5 Å². The van der Waals surface area contributed by atoms with Crippen molar-refractivity contribution in [2.24, 2.45) is 0 Å². The second kappa shape index (κ2) is 6.02. The third-order valence-electron chi connectivity index (χ3n) is 2.98. The van der Waals surface area contributed by atoms with Gasteiger partial charge in [-0.05, 0) is 59.6 Å². The van der Waals surface area contributed by atoms with Crippen LogP contribution < -0.4 is 4.90 Å². The fourth-order valence-electron chi connectivity index (χ4n) is 1.99. The lowest BCUT2D eigenvalue weighted by molar-refractivity contribution is 0.0987. The molecule has 0 radical (unpaired) electrons. The first kappa shape index (κ1) is 13.8. The molecule has 2 rings (SSSR count). The molecule has 19 heavy (non-hydrogen) atoms. The molecule has 98 valence electrons. The lowest BCUT2D eigenvalue weighted by Crippen LogP contribution is -2.30. The lowest BCUT2D eigenvalue weighted by atomic mass is 10.1. The number of para-hydroxylation sites is 1. The van der Waals surface area contributed by atoms with Gasteiger partial charge in [-0.1, -0.05) is 24.3 Å². The lowest BCUT2D eigenvalue weighted by Gasteiger charge is -2.21. The van der Waals surface area contributed by atoms with E-state index < -0.39 is 0 Å². The van der Waals surface area contributed by atoms with E-state index in [-0.39, 0.29) is 5.91 Å². The molecule has 0 fully saturated rings. The number of amides is 1. The predicted molar refractivity (Wildman–Crippen MR) is 82.7 cm³/mol. The molecule has 1 amide bonds. The van der Waals surface area contributed by atoms with Gasteiger partial charge < -0.3 is 4.90 Å². The van der Waals surface area contributed by atoms with Gasteiger partial charge in [0.25, 0.3) is 5.91 Å². The average molecular weight is 318 g/mol. The molecule has 0 aromatic heterocycles. The highest BCUT2D eigenvalue weighted by molar-refractivity contribution is 9.10. The quantitative estimate of drug-likeness (QED) is 0.820. The summed E-state index contributed by atoms with van der Waals surface area (Å²) in [6.45, 7) is 4.63. The molecule has 2 aromatic rings. The molecule has 0 N–H and O–H groups in total. The van der Waals surface area contributed by atoms with Gasteiger partial charge in [-0.15, -0.1) is 0 Å². The molecular weight excluding hydrogens is 302 g/mol. The minimum atomic E-state index is 0.0144. The van der Waals surface area contributed by atoms with Crippen LogP contribution in [0, 0.1) is 6.92 Å². The summed E-state index contributed by atoms with van der Waals surface area (Å²) in [6.07, 6.45) is 0. The monoisotopic (exact) mass is 317 g/mol. The summed E-state index contributed by atoms with van der Waals surface area (Å²) >= 11 is 3.47. The molecule has 3 heteroatoms. The van der Waals surface area contributed by atoms with Gasteiger partial charge in [0, 0.05) is 16.7 Å². The fourth-order valence-corrected chi connectivity index (χ4v) is 2.65. The third kappa shape index (κ3) is 3.04. The molecule has 0 saturated carbocycles. The van der Waals surface area contributed by atoms with Crippen LogP contribution in [-0.2, 0) is 0 Å². The highest BCUT2D eigenvalue weighted by atomic mass is 79.9. The van der Waals surface area contributed by atoms with Crippen LogP contribution in [0.4, 0.5) is 5.69 Å². The predicted octanol–water partition coefficient (Wildman–Crippen LogP) is 4.42. The Balaban J connectivity index is 2.36. The number of rotatable bonds is 3. The zero-order chi connectivity index (χ0) is 13.8.